The SMILES string of the molecule is CNC(=O)c1ccc(NCC#Cc2cc3c(NC4CCC(C)(N5CCC(C(F)(F)F)CC5)CC4)cccc3n2CC(F)(F)F)c(OC)c1. The largest absolute Gasteiger partial charge is 0.495 e. The quantitative estimate of drug-likeness (QED) is 0.171. The normalized spacial score (nSPS) is 21.0. The summed E-state index contributed by atoms with van der Waals surface area (Å²) in [6, 6.07) is 11.9. The van der Waals surface area contributed by atoms with Crippen molar-refractivity contribution in [1.82, 2.24) is 14.8 Å². The van der Waals surface area contributed by atoms with Gasteiger partial charge in [-0.15, -0.1) is 0 Å². The lowest BCUT2D eigenvalue weighted by atomic mass is 9.78. The minimum absolute atomic E-state index is 0.0749. The van der Waals surface area contributed by atoms with Crippen molar-refractivity contribution in [3.8, 4) is 17.6 Å². The number of carbonyl (C=O) groups is 1. The van der Waals surface area contributed by atoms with Crippen LogP contribution in [0.25, 0.3) is 10.9 Å². The Bertz CT molecular complexity index is 1660. The summed E-state index contributed by atoms with van der Waals surface area (Å²) in [7, 11) is 3.00. The van der Waals surface area contributed by atoms with Crippen LogP contribution in [-0.2, 0) is 6.54 Å². The first-order chi connectivity index (χ1) is 22.7. The maximum Gasteiger partial charge on any atom is 0.406 e. The summed E-state index contributed by atoms with van der Waals surface area (Å²) in [5.41, 5.74) is 2.17. The Morgan fingerprint density at radius 2 is 1.71 bits per heavy atom. The zero-order chi connectivity index (χ0) is 34.7. The van der Waals surface area contributed by atoms with Crippen molar-refractivity contribution in [2.45, 2.75) is 75.9 Å². The molecule has 2 fully saturated rings. The van der Waals surface area contributed by atoms with E-state index in [0.717, 1.165) is 31.4 Å². The third-order valence-electron chi connectivity index (χ3n) is 9.70. The van der Waals surface area contributed by atoms with Gasteiger partial charge in [-0.05, 0) is 101 Å². The molecule has 1 amide bonds. The van der Waals surface area contributed by atoms with E-state index in [2.05, 4.69) is 39.6 Å². The maximum absolute atomic E-state index is 13.7. The van der Waals surface area contributed by atoms with Crippen LogP contribution in [-0.4, -0.2) is 73.1 Å². The van der Waals surface area contributed by atoms with Gasteiger partial charge in [-0.2, -0.15) is 26.3 Å². The summed E-state index contributed by atoms with van der Waals surface area (Å²) in [4.78, 5) is 14.2. The zero-order valence-corrected chi connectivity index (χ0v) is 27.2. The number of ether oxygens (including phenoxy) is 1. The summed E-state index contributed by atoms with van der Waals surface area (Å²) in [5.74, 6) is 4.75. The number of halogens is 6. The summed E-state index contributed by atoms with van der Waals surface area (Å²) in [6.45, 7) is 1.91. The van der Waals surface area contributed by atoms with Gasteiger partial charge in [0.15, 0.2) is 0 Å². The molecule has 1 saturated heterocycles. The van der Waals surface area contributed by atoms with E-state index in [1.807, 2.05) is 6.07 Å². The second kappa shape index (κ2) is 14.2. The first-order valence-corrected chi connectivity index (χ1v) is 16.1. The monoisotopic (exact) mass is 677 g/mol. The van der Waals surface area contributed by atoms with Crippen molar-refractivity contribution in [1.29, 1.82) is 0 Å². The lowest BCUT2D eigenvalue weighted by Crippen LogP contribution is -2.53. The van der Waals surface area contributed by atoms with Crippen LogP contribution in [0.5, 0.6) is 5.75 Å². The average Bonchev–Trinajstić information content (AvgIpc) is 3.39. The molecule has 0 atom stereocenters. The number of methoxy groups -OCH3 is 1. The Hall–Kier alpha value is -4.05. The van der Waals surface area contributed by atoms with E-state index in [1.165, 1.54) is 18.7 Å². The van der Waals surface area contributed by atoms with Gasteiger partial charge >= 0.3 is 12.4 Å². The van der Waals surface area contributed by atoms with E-state index < -0.39 is 24.8 Å². The minimum atomic E-state index is -4.47. The third kappa shape index (κ3) is 8.14. The summed E-state index contributed by atoms with van der Waals surface area (Å²) in [5, 5.41) is 9.82. The van der Waals surface area contributed by atoms with Crippen LogP contribution in [0.2, 0.25) is 0 Å². The van der Waals surface area contributed by atoms with Crippen molar-refractivity contribution in [2.24, 2.45) is 5.92 Å². The highest BCUT2D eigenvalue weighted by Crippen LogP contribution is 2.41. The number of anilines is 2. The molecular weight excluding hydrogens is 636 g/mol. The van der Waals surface area contributed by atoms with Gasteiger partial charge in [0.05, 0.1) is 36.5 Å². The molecule has 5 rings (SSSR count). The van der Waals surface area contributed by atoms with E-state index in [4.69, 9.17) is 4.74 Å². The molecule has 1 aliphatic heterocycles. The van der Waals surface area contributed by atoms with E-state index in [9.17, 15) is 31.1 Å². The molecule has 48 heavy (non-hydrogen) atoms. The van der Waals surface area contributed by atoms with Gasteiger partial charge in [0.1, 0.15) is 12.3 Å². The number of likely N-dealkylation sites (tertiary alicyclic amines) is 1. The van der Waals surface area contributed by atoms with Gasteiger partial charge in [0, 0.05) is 35.3 Å². The van der Waals surface area contributed by atoms with Gasteiger partial charge in [-0.25, -0.2) is 0 Å². The average molecular weight is 678 g/mol. The molecule has 260 valence electrons. The van der Waals surface area contributed by atoms with Gasteiger partial charge < -0.3 is 25.3 Å². The molecule has 13 heteroatoms. The number of amides is 1. The zero-order valence-electron chi connectivity index (χ0n) is 27.2. The maximum atomic E-state index is 13.7. The number of nitrogens with one attached hydrogen (secondary N) is 3. The van der Waals surface area contributed by atoms with Crippen molar-refractivity contribution < 1.29 is 35.9 Å². The Labute approximate surface area is 276 Å². The molecule has 7 nitrogen and oxygen atoms in total. The van der Waals surface area contributed by atoms with Crippen molar-refractivity contribution in [2.75, 3.05) is 44.4 Å². The van der Waals surface area contributed by atoms with Gasteiger partial charge in [-0.1, -0.05) is 12.0 Å². The fourth-order valence-corrected chi connectivity index (χ4v) is 6.93. The smallest absolute Gasteiger partial charge is 0.406 e. The minimum Gasteiger partial charge on any atom is -0.495 e. The highest BCUT2D eigenvalue weighted by molar-refractivity contribution is 5.95. The van der Waals surface area contributed by atoms with Crippen molar-refractivity contribution in [3.63, 3.8) is 0 Å². The van der Waals surface area contributed by atoms with Gasteiger partial charge in [0.25, 0.3) is 5.91 Å². The molecule has 0 bridgehead atoms. The summed E-state index contributed by atoms with van der Waals surface area (Å²) >= 11 is 0. The fourth-order valence-electron chi connectivity index (χ4n) is 6.93. The number of carbonyl (C=O) groups excluding carboxylic acids is 1. The topological polar surface area (TPSA) is 70.6 Å². The van der Waals surface area contributed by atoms with E-state index in [0.29, 0.717) is 41.0 Å². The van der Waals surface area contributed by atoms with Crippen LogP contribution < -0.4 is 20.7 Å². The predicted molar refractivity (Wildman–Crippen MR) is 174 cm³/mol. The predicted octanol–water partition coefficient (Wildman–Crippen LogP) is 7.42. The van der Waals surface area contributed by atoms with E-state index >= 15 is 0 Å². The summed E-state index contributed by atoms with van der Waals surface area (Å²) < 4.78 is 87.2. The molecule has 3 aromatic rings. The molecule has 3 N–H and O–H groups in total. The molecule has 2 aliphatic rings. The lowest BCUT2D eigenvalue weighted by molar-refractivity contribution is -0.188. The number of piperidine rings is 1. The fraction of sp³-hybridized carbons (Fsp3) is 0.514. The number of hydrogen-bond acceptors (Lipinski definition) is 5. The summed E-state index contributed by atoms with van der Waals surface area (Å²) in [6.07, 6.45) is -5.15. The van der Waals surface area contributed by atoms with Crippen LogP contribution >= 0.6 is 0 Å². The number of nitrogens with zero attached hydrogens (tertiary/aromatic N) is 2. The first-order valence-electron chi connectivity index (χ1n) is 16.1. The Morgan fingerprint density at radius 3 is 2.33 bits per heavy atom. The molecule has 0 radical (unpaired) electrons. The second-order valence-electron chi connectivity index (χ2n) is 12.8. The molecule has 0 spiro atoms. The third-order valence-corrected chi connectivity index (χ3v) is 9.70. The van der Waals surface area contributed by atoms with Crippen LogP contribution in [0.1, 0.15) is 61.5 Å². The van der Waals surface area contributed by atoms with Crippen LogP contribution in [0.4, 0.5) is 37.7 Å². The number of alkyl halides is 6. The number of rotatable bonds is 8. The van der Waals surface area contributed by atoms with E-state index in [-0.39, 0.29) is 42.6 Å². The Morgan fingerprint density at radius 1 is 1.00 bits per heavy atom. The first kappa shape index (κ1) is 35.3. The number of hydrogen-bond donors (Lipinski definition) is 3. The Kier molecular flexibility index (Phi) is 10.4. The lowest BCUT2D eigenvalue weighted by Gasteiger charge is -2.49. The van der Waals surface area contributed by atoms with Crippen molar-refractivity contribution >= 4 is 28.2 Å². The van der Waals surface area contributed by atoms with Gasteiger partial charge in [-0.3, -0.25) is 9.69 Å². The molecule has 1 aromatic heterocycles. The van der Waals surface area contributed by atoms with Gasteiger partial charge in [0.2, 0.25) is 0 Å². The van der Waals surface area contributed by atoms with Crippen molar-refractivity contribution in [3.05, 3.63) is 53.7 Å². The molecule has 0 unspecified atom stereocenters. The molecule has 1 saturated carbocycles. The Balaban J connectivity index is 1.29. The highest BCUT2D eigenvalue weighted by Gasteiger charge is 2.45. The molecule has 1 aliphatic carbocycles. The number of fused-ring (bicyclic) bond motifs is 1. The standard InChI is InChI=1S/C35H41F6N5O2/c1-33(45-18-13-24(14-19-45)35(39,40)41)15-11-25(12-16-33)44-28-7-4-8-30-27(28)21-26(46(30)22-34(36,37)38)6-5-17-43-29-10-9-23(32(47)42-2)20-31(29)48-3/h4,7-10,20-21,24-25,43-44H,11-19,22H2,1-3H3,(H,42,47). The van der Waals surface area contributed by atoms with Crippen LogP contribution in [0.15, 0.2) is 42.5 Å². The number of aromatic nitrogens is 1. The number of benzene rings is 2. The second-order valence-corrected chi connectivity index (χ2v) is 12.8. The van der Waals surface area contributed by atoms with Crippen LogP contribution in [0, 0.1) is 17.8 Å². The highest BCUT2D eigenvalue weighted by atomic mass is 19.4. The molecule has 2 heterocycles. The molecule has 2 aromatic carbocycles. The van der Waals surface area contributed by atoms with E-state index in [1.54, 1.807) is 36.4 Å². The molecular formula is C35H41F6N5O2. The van der Waals surface area contributed by atoms with Crippen LogP contribution in [0.3, 0.4) is 0 Å².